The molecule has 28 heavy (non-hydrogen) atoms. The molecule has 10 atom stereocenters. The predicted molar refractivity (Wildman–Crippen MR) is 110 cm³/mol. The van der Waals surface area contributed by atoms with E-state index in [2.05, 4.69) is 20.8 Å². The van der Waals surface area contributed by atoms with E-state index >= 15 is 0 Å². The largest absolute Gasteiger partial charge is 0.466 e. The van der Waals surface area contributed by atoms with E-state index in [0.717, 1.165) is 23.7 Å². The van der Waals surface area contributed by atoms with Gasteiger partial charge in [0.2, 0.25) is 0 Å². The van der Waals surface area contributed by atoms with Gasteiger partial charge in [-0.25, -0.2) is 0 Å². The van der Waals surface area contributed by atoms with Gasteiger partial charge in [-0.05, 0) is 97.7 Å². The summed E-state index contributed by atoms with van der Waals surface area (Å²) < 4.78 is 11.5. The minimum Gasteiger partial charge on any atom is -0.466 e. The number of rotatable bonds is 4. The van der Waals surface area contributed by atoms with Gasteiger partial charge in [-0.2, -0.15) is 0 Å². The second-order valence-electron chi connectivity index (χ2n) is 11.7. The summed E-state index contributed by atoms with van der Waals surface area (Å²) in [5.41, 5.74) is 1.48. The number of esters is 1. The summed E-state index contributed by atoms with van der Waals surface area (Å²) in [7, 11) is 1.97. The van der Waals surface area contributed by atoms with Crippen molar-refractivity contribution in [2.75, 3.05) is 13.7 Å². The highest BCUT2D eigenvalue weighted by Gasteiger charge is 2.77. The first-order valence-corrected chi connectivity index (χ1v) is 11.9. The molecule has 5 fully saturated rings. The molecule has 0 radical (unpaired) electrons. The van der Waals surface area contributed by atoms with Gasteiger partial charge in [-0.1, -0.05) is 20.8 Å². The van der Waals surface area contributed by atoms with Gasteiger partial charge in [0, 0.05) is 19.4 Å². The summed E-state index contributed by atoms with van der Waals surface area (Å²) in [5.74, 6) is 4.62. The summed E-state index contributed by atoms with van der Waals surface area (Å²) in [6.45, 7) is 9.67. The monoisotopic (exact) mass is 388 g/mol. The lowest BCUT2D eigenvalue weighted by molar-refractivity contribution is -0.153. The van der Waals surface area contributed by atoms with Gasteiger partial charge in [0.05, 0.1) is 12.7 Å². The summed E-state index contributed by atoms with van der Waals surface area (Å²) >= 11 is 0. The third-order valence-electron chi connectivity index (χ3n) is 11.2. The summed E-state index contributed by atoms with van der Waals surface area (Å²) in [6, 6.07) is 0. The number of carbonyl (C=O) groups excluding carboxylic acids is 1. The van der Waals surface area contributed by atoms with Gasteiger partial charge >= 0.3 is 5.97 Å². The topological polar surface area (TPSA) is 35.5 Å². The maximum Gasteiger partial charge on any atom is 0.302 e. The fraction of sp³-hybridized carbons (Fsp3) is 0.960. The standard InChI is InChI=1S/C25H40O3/c1-15(14-28-16(2)26)19-6-7-20-18-8-11-25-13-17(25)12-22(27-5)24(25,4)21(18)9-10-23(19,20)3/h15,17-22H,6-14H2,1-5H3/t15-,17+,18+,19-,20+,21+,22?,23-,24+,25?/m1/s1. The van der Waals surface area contributed by atoms with E-state index in [9.17, 15) is 4.79 Å². The van der Waals surface area contributed by atoms with Crippen LogP contribution >= 0.6 is 0 Å². The van der Waals surface area contributed by atoms with Crippen molar-refractivity contribution < 1.29 is 14.3 Å². The van der Waals surface area contributed by atoms with Crippen LogP contribution in [0.4, 0.5) is 0 Å². The quantitative estimate of drug-likeness (QED) is 0.599. The van der Waals surface area contributed by atoms with Crippen molar-refractivity contribution in [2.45, 2.75) is 85.2 Å². The average molecular weight is 389 g/mol. The molecule has 0 bridgehead atoms. The third-order valence-corrected chi connectivity index (χ3v) is 11.2. The Morgan fingerprint density at radius 2 is 1.89 bits per heavy atom. The third kappa shape index (κ3) is 2.29. The van der Waals surface area contributed by atoms with Crippen LogP contribution in [0.5, 0.6) is 0 Å². The molecular weight excluding hydrogens is 348 g/mol. The number of hydrogen-bond acceptors (Lipinski definition) is 3. The van der Waals surface area contributed by atoms with Crippen molar-refractivity contribution in [3.8, 4) is 0 Å². The molecule has 2 unspecified atom stereocenters. The Kier molecular flexibility index (Phi) is 4.31. The Labute approximate surface area is 171 Å². The molecule has 5 rings (SSSR count). The average Bonchev–Trinajstić information content (AvgIpc) is 3.14. The smallest absolute Gasteiger partial charge is 0.302 e. The van der Waals surface area contributed by atoms with Crippen LogP contribution in [0.15, 0.2) is 0 Å². The van der Waals surface area contributed by atoms with Crippen molar-refractivity contribution in [1.82, 2.24) is 0 Å². The molecule has 3 heteroatoms. The number of carbonyl (C=O) groups is 1. The van der Waals surface area contributed by atoms with E-state index in [4.69, 9.17) is 9.47 Å². The van der Waals surface area contributed by atoms with E-state index in [1.807, 2.05) is 7.11 Å². The highest BCUT2D eigenvalue weighted by atomic mass is 16.5. The van der Waals surface area contributed by atoms with Crippen LogP contribution in [0.2, 0.25) is 0 Å². The molecule has 0 saturated heterocycles. The minimum absolute atomic E-state index is 0.133. The fourth-order valence-electron chi connectivity index (χ4n) is 9.90. The first-order valence-electron chi connectivity index (χ1n) is 11.9. The van der Waals surface area contributed by atoms with Crippen molar-refractivity contribution in [3.63, 3.8) is 0 Å². The molecule has 0 aromatic rings. The molecule has 0 aromatic heterocycles. The van der Waals surface area contributed by atoms with Crippen LogP contribution in [-0.2, 0) is 14.3 Å². The zero-order chi connectivity index (χ0) is 19.9. The van der Waals surface area contributed by atoms with Crippen molar-refractivity contribution in [3.05, 3.63) is 0 Å². The van der Waals surface area contributed by atoms with Crippen LogP contribution in [-0.4, -0.2) is 25.8 Å². The van der Waals surface area contributed by atoms with Crippen LogP contribution in [0.1, 0.15) is 79.1 Å². The first kappa shape index (κ1) is 19.4. The minimum atomic E-state index is -0.133. The predicted octanol–water partition coefficient (Wildman–Crippen LogP) is 5.47. The second-order valence-corrected chi connectivity index (χ2v) is 11.7. The molecule has 3 nitrogen and oxygen atoms in total. The van der Waals surface area contributed by atoms with Crippen molar-refractivity contribution in [1.29, 1.82) is 0 Å². The van der Waals surface area contributed by atoms with Gasteiger partial charge in [0.15, 0.2) is 0 Å². The zero-order valence-electron chi connectivity index (χ0n) is 18.6. The summed E-state index contributed by atoms with van der Waals surface area (Å²) in [6.07, 6.45) is 11.7. The van der Waals surface area contributed by atoms with Crippen LogP contribution < -0.4 is 0 Å². The van der Waals surface area contributed by atoms with Crippen LogP contribution in [0, 0.1) is 51.8 Å². The molecule has 0 heterocycles. The van der Waals surface area contributed by atoms with E-state index in [0.29, 0.717) is 40.8 Å². The molecule has 1 spiro atoms. The lowest BCUT2D eigenvalue weighted by Crippen LogP contribution is -2.56. The molecule has 0 aliphatic heterocycles. The summed E-state index contributed by atoms with van der Waals surface area (Å²) in [4.78, 5) is 11.3. The van der Waals surface area contributed by atoms with E-state index in [1.54, 1.807) is 0 Å². The molecule has 0 aromatic carbocycles. The molecular formula is C25H40O3. The molecule has 158 valence electrons. The molecule has 0 N–H and O–H groups in total. The highest BCUT2D eigenvalue weighted by molar-refractivity contribution is 5.65. The number of fused-ring (bicyclic) bond motifs is 4. The maximum atomic E-state index is 11.3. The van der Waals surface area contributed by atoms with Crippen molar-refractivity contribution >= 4 is 5.97 Å². The normalized spacial score (nSPS) is 54.9. The Bertz CT molecular complexity index is 660. The number of methoxy groups -OCH3 is 1. The maximum absolute atomic E-state index is 11.3. The lowest BCUT2D eigenvalue weighted by Gasteiger charge is -2.60. The highest BCUT2D eigenvalue weighted by Crippen LogP contribution is 2.82. The Morgan fingerprint density at radius 3 is 2.61 bits per heavy atom. The lowest BCUT2D eigenvalue weighted by atomic mass is 9.45. The van der Waals surface area contributed by atoms with Crippen LogP contribution in [0.25, 0.3) is 0 Å². The molecule has 0 amide bonds. The van der Waals surface area contributed by atoms with Gasteiger partial charge in [-0.3, -0.25) is 4.79 Å². The number of hydrogen-bond donors (Lipinski definition) is 0. The first-order chi connectivity index (χ1) is 13.3. The zero-order valence-corrected chi connectivity index (χ0v) is 18.6. The molecule has 5 aliphatic rings. The SMILES string of the molecule is COC1C[C@H]2CC23CC[C@H]2[C@@H]4CC[C@H]([C@H](C)COC(C)=O)[C@@]4(C)CC[C@@H]2[C@@]13C. The Hall–Kier alpha value is -0.570. The van der Waals surface area contributed by atoms with Crippen molar-refractivity contribution in [2.24, 2.45) is 51.8 Å². The van der Waals surface area contributed by atoms with E-state index in [-0.39, 0.29) is 5.97 Å². The van der Waals surface area contributed by atoms with Gasteiger partial charge in [0.25, 0.3) is 0 Å². The second kappa shape index (κ2) is 6.22. The van der Waals surface area contributed by atoms with Gasteiger partial charge in [0.1, 0.15) is 0 Å². The molecule has 5 saturated carbocycles. The Morgan fingerprint density at radius 1 is 1.11 bits per heavy atom. The van der Waals surface area contributed by atoms with E-state index in [1.165, 1.54) is 58.3 Å². The van der Waals surface area contributed by atoms with Gasteiger partial charge in [-0.15, -0.1) is 0 Å². The summed E-state index contributed by atoms with van der Waals surface area (Å²) in [5, 5.41) is 0. The van der Waals surface area contributed by atoms with E-state index < -0.39 is 0 Å². The van der Waals surface area contributed by atoms with Crippen LogP contribution in [0.3, 0.4) is 0 Å². The Balaban J connectivity index is 1.39. The molecule has 5 aliphatic carbocycles. The van der Waals surface area contributed by atoms with Gasteiger partial charge < -0.3 is 9.47 Å². The fourth-order valence-corrected chi connectivity index (χ4v) is 9.90. The number of ether oxygens (including phenoxy) is 2.